The molecule has 0 atom stereocenters. The first kappa shape index (κ1) is 17.3. The van der Waals surface area contributed by atoms with E-state index in [0.29, 0.717) is 0 Å². The van der Waals surface area contributed by atoms with Gasteiger partial charge in [-0.05, 0) is 6.92 Å². The molecule has 0 aliphatic carbocycles. The second-order valence-electron chi connectivity index (χ2n) is 1.74. The van der Waals surface area contributed by atoms with Gasteiger partial charge in [-0.3, -0.25) is 0 Å². The molecule has 0 aromatic heterocycles. The summed E-state index contributed by atoms with van der Waals surface area (Å²) in [6, 6.07) is 10.3. The van der Waals surface area contributed by atoms with Gasteiger partial charge in [-0.15, -0.1) is 0 Å². The van der Waals surface area contributed by atoms with E-state index in [0.717, 1.165) is 0 Å². The van der Waals surface area contributed by atoms with E-state index in [-0.39, 0.29) is 11.6 Å². The number of aryl methyl sites for hydroxylation is 1. The van der Waals surface area contributed by atoms with Crippen LogP contribution in [0, 0.1) is 16.9 Å². The van der Waals surface area contributed by atoms with Crippen molar-refractivity contribution in [3.05, 3.63) is 45.8 Å². The van der Waals surface area contributed by atoms with Crippen molar-refractivity contribution in [3.8, 4) is 0 Å². The molecule has 0 saturated carbocycles. The summed E-state index contributed by atoms with van der Waals surface area (Å²) in [6.45, 7) is 2.08. The standard InChI is InChI=1S/C7H8.CO2.O2.H2O/c1-7-5-3-2-4-6-7;2-1-3;1-2;/h2-6H,1H3;;;1H2. The summed E-state index contributed by atoms with van der Waals surface area (Å²) in [5, 5.41) is 0. The average molecular weight is 186 g/mol. The van der Waals surface area contributed by atoms with E-state index in [9.17, 15) is 0 Å². The topological polar surface area (TPSA) is 99.8 Å². The molecule has 0 spiro atoms. The molecule has 5 heteroatoms. The highest BCUT2D eigenvalue weighted by atomic mass is 16.7. The van der Waals surface area contributed by atoms with Crippen LogP contribution in [0.3, 0.4) is 0 Å². The fourth-order valence-electron chi connectivity index (χ4n) is 0.534. The predicted molar refractivity (Wildman–Crippen MR) is 46.5 cm³/mol. The van der Waals surface area contributed by atoms with E-state index >= 15 is 0 Å². The highest BCUT2D eigenvalue weighted by Gasteiger charge is 1.72. The third-order valence-corrected chi connectivity index (χ3v) is 0.940. The highest BCUT2D eigenvalue weighted by Crippen LogP contribution is 1.92. The van der Waals surface area contributed by atoms with Gasteiger partial charge in [0.1, 0.15) is 0 Å². The van der Waals surface area contributed by atoms with E-state index in [2.05, 4.69) is 19.1 Å². The number of benzene rings is 1. The third-order valence-electron chi connectivity index (χ3n) is 0.940. The van der Waals surface area contributed by atoms with E-state index in [1.165, 1.54) is 5.56 Å². The Morgan fingerprint density at radius 3 is 1.46 bits per heavy atom. The third kappa shape index (κ3) is 17.8. The summed E-state index contributed by atoms with van der Waals surface area (Å²) in [7, 11) is 0. The van der Waals surface area contributed by atoms with Crippen LogP contribution < -0.4 is 0 Å². The van der Waals surface area contributed by atoms with Crippen molar-refractivity contribution in [2.45, 2.75) is 6.92 Å². The van der Waals surface area contributed by atoms with Crippen LogP contribution in [-0.2, 0) is 9.59 Å². The van der Waals surface area contributed by atoms with Crippen molar-refractivity contribution in [2.24, 2.45) is 0 Å². The summed E-state index contributed by atoms with van der Waals surface area (Å²) in [5.74, 6) is 0. The highest BCUT2D eigenvalue weighted by molar-refractivity contribution is 5.20. The number of rotatable bonds is 0. The van der Waals surface area contributed by atoms with E-state index in [4.69, 9.17) is 19.5 Å². The van der Waals surface area contributed by atoms with Crippen molar-refractivity contribution < 1.29 is 15.1 Å². The molecule has 0 fully saturated rings. The van der Waals surface area contributed by atoms with Crippen molar-refractivity contribution in [1.82, 2.24) is 0 Å². The maximum Gasteiger partial charge on any atom is 0.373 e. The van der Waals surface area contributed by atoms with Crippen LogP contribution >= 0.6 is 0 Å². The number of hydrogen-bond acceptors (Lipinski definition) is 4. The molecule has 72 valence electrons. The second-order valence-corrected chi connectivity index (χ2v) is 1.74. The Bertz CT molecular complexity index is 215. The van der Waals surface area contributed by atoms with Crippen LogP contribution in [0.15, 0.2) is 30.3 Å². The lowest BCUT2D eigenvalue weighted by molar-refractivity contribution is -0.191. The van der Waals surface area contributed by atoms with Crippen LogP contribution in [-0.4, -0.2) is 11.6 Å². The molecule has 1 aromatic carbocycles. The monoisotopic (exact) mass is 186 g/mol. The fourth-order valence-corrected chi connectivity index (χ4v) is 0.534. The molecular weight excluding hydrogens is 176 g/mol. The van der Waals surface area contributed by atoms with Gasteiger partial charge in [0.2, 0.25) is 0 Å². The van der Waals surface area contributed by atoms with Gasteiger partial charge in [0, 0.05) is 9.93 Å². The first-order valence-corrected chi connectivity index (χ1v) is 2.99. The Kier molecular flexibility index (Phi) is 22.1. The Hall–Kier alpha value is -1.84. The summed E-state index contributed by atoms with van der Waals surface area (Å²) >= 11 is 0. The van der Waals surface area contributed by atoms with Gasteiger partial charge < -0.3 is 5.48 Å². The molecule has 5 nitrogen and oxygen atoms in total. The SMILES string of the molecule is Cc1ccccc1.O.O=C=O.O=O. The lowest BCUT2D eigenvalue weighted by Crippen LogP contribution is -1.62. The Balaban J connectivity index is -0.000000146. The van der Waals surface area contributed by atoms with Crippen molar-refractivity contribution >= 4 is 6.15 Å². The predicted octanol–water partition coefficient (Wildman–Crippen LogP) is 0.654. The Morgan fingerprint density at radius 1 is 1.00 bits per heavy atom. The molecule has 0 heterocycles. The normalized spacial score (nSPS) is 5.62. The van der Waals surface area contributed by atoms with Gasteiger partial charge in [-0.1, -0.05) is 35.9 Å². The lowest BCUT2D eigenvalue weighted by Gasteiger charge is -1.82. The van der Waals surface area contributed by atoms with Crippen molar-refractivity contribution in [1.29, 1.82) is 0 Å². The van der Waals surface area contributed by atoms with Crippen LogP contribution in [0.1, 0.15) is 5.56 Å². The minimum absolute atomic E-state index is 0. The summed E-state index contributed by atoms with van der Waals surface area (Å²) in [4.78, 5) is 30.2. The number of hydrogen-bond donors (Lipinski definition) is 0. The van der Waals surface area contributed by atoms with E-state index in [1.54, 1.807) is 0 Å². The quantitative estimate of drug-likeness (QED) is 0.593. The van der Waals surface area contributed by atoms with Crippen molar-refractivity contribution in [3.63, 3.8) is 0 Å². The zero-order valence-electron chi connectivity index (χ0n) is 7.02. The Labute approximate surface area is 74.9 Å². The van der Waals surface area contributed by atoms with Gasteiger partial charge in [-0.25, -0.2) is 0 Å². The minimum atomic E-state index is 0. The summed E-state index contributed by atoms with van der Waals surface area (Å²) in [6.07, 6.45) is 0.250. The largest absolute Gasteiger partial charge is 0.412 e. The molecule has 0 amide bonds. The average Bonchev–Trinajstić information content (AvgIpc) is 2.11. The summed E-state index contributed by atoms with van der Waals surface area (Å²) in [5.41, 5.74) is 1.32. The van der Waals surface area contributed by atoms with Crippen LogP contribution in [0.4, 0.5) is 0 Å². The molecular formula is C8H10O5. The van der Waals surface area contributed by atoms with Crippen molar-refractivity contribution in [2.75, 3.05) is 0 Å². The minimum Gasteiger partial charge on any atom is -0.412 e. The molecule has 0 radical (unpaired) electrons. The molecule has 0 unspecified atom stereocenters. The zero-order valence-corrected chi connectivity index (χ0v) is 7.02. The lowest BCUT2D eigenvalue weighted by atomic mass is 10.2. The molecule has 0 aliphatic heterocycles. The van der Waals surface area contributed by atoms with Crippen LogP contribution in [0.5, 0.6) is 0 Å². The van der Waals surface area contributed by atoms with Gasteiger partial charge in [0.05, 0.1) is 0 Å². The number of carbonyl (C=O) groups excluding carboxylic acids is 2. The zero-order chi connectivity index (χ0) is 9.82. The van der Waals surface area contributed by atoms with Gasteiger partial charge in [0.15, 0.2) is 0 Å². The maximum atomic E-state index is 8.12. The van der Waals surface area contributed by atoms with Crippen LogP contribution in [0.2, 0.25) is 0 Å². The summed E-state index contributed by atoms with van der Waals surface area (Å²) < 4.78 is 0. The van der Waals surface area contributed by atoms with Gasteiger partial charge >= 0.3 is 6.15 Å². The molecule has 0 bridgehead atoms. The molecule has 1 aromatic rings. The second kappa shape index (κ2) is 16.6. The van der Waals surface area contributed by atoms with Crippen LogP contribution in [0.25, 0.3) is 0 Å². The fraction of sp³-hybridized carbons (Fsp3) is 0.125. The van der Waals surface area contributed by atoms with E-state index < -0.39 is 0 Å². The maximum absolute atomic E-state index is 8.12. The smallest absolute Gasteiger partial charge is 0.373 e. The first-order chi connectivity index (χ1) is 5.81. The molecule has 13 heavy (non-hydrogen) atoms. The molecule has 0 aliphatic rings. The van der Waals surface area contributed by atoms with E-state index in [1.807, 2.05) is 18.2 Å². The Morgan fingerprint density at radius 2 is 1.31 bits per heavy atom. The molecule has 1 rings (SSSR count). The molecule has 0 saturated heterocycles. The molecule has 2 N–H and O–H groups in total. The van der Waals surface area contributed by atoms with Gasteiger partial charge in [-0.2, -0.15) is 9.59 Å². The first-order valence-electron chi connectivity index (χ1n) is 2.99. The van der Waals surface area contributed by atoms with Gasteiger partial charge in [0.25, 0.3) is 0 Å².